The Labute approximate surface area is 275 Å². The number of aliphatic carboxylic acids is 1. The van der Waals surface area contributed by atoms with Crippen LogP contribution in [0.1, 0.15) is 37.7 Å². The largest absolute Gasteiger partial charge is 0.481 e. The van der Waals surface area contributed by atoms with E-state index in [9.17, 15) is 33.6 Å². The van der Waals surface area contributed by atoms with Gasteiger partial charge in [0.2, 0.25) is 35.4 Å². The summed E-state index contributed by atoms with van der Waals surface area (Å²) in [6, 6.07) is 8.49. The van der Waals surface area contributed by atoms with E-state index in [0.717, 1.165) is 21.2 Å². The molecule has 8 N–H and O–H groups in total. The Morgan fingerprint density at radius 1 is 0.894 bits per heavy atom. The molecule has 2 aromatic carbocycles. The van der Waals surface area contributed by atoms with Crippen molar-refractivity contribution in [2.24, 2.45) is 11.5 Å². The normalized spacial score (nSPS) is 16.4. The summed E-state index contributed by atoms with van der Waals surface area (Å²) in [5.41, 5.74) is 11.5. The van der Waals surface area contributed by atoms with Gasteiger partial charge in [0.1, 0.15) is 30.0 Å². The van der Waals surface area contributed by atoms with Crippen LogP contribution in [-0.2, 0) is 44.7 Å². The van der Waals surface area contributed by atoms with E-state index in [2.05, 4.69) is 16.0 Å². The Balaban J connectivity index is 1.83. The van der Waals surface area contributed by atoms with Gasteiger partial charge in [-0.15, -0.1) is 11.6 Å². The molecule has 1 fully saturated rings. The van der Waals surface area contributed by atoms with Crippen LogP contribution in [0.15, 0.2) is 42.5 Å². The third-order valence-corrected chi connectivity index (χ3v) is 7.87. The smallest absolute Gasteiger partial charge is 0.303 e. The van der Waals surface area contributed by atoms with Gasteiger partial charge in [0.25, 0.3) is 0 Å². The molecule has 0 radical (unpaired) electrons. The maximum atomic E-state index is 13.7. The lowest BCUT2D eigenvalue weighted by Crippen LogP contribution is -2.62. The minimum Gasteiger partial charge on any atom is -0.481 e. The number of morpholine rings is 1. The van der Waals surface area contributed by atoms with Crippen molar-refractivity contribution in [1.82, 2.24) is 20.9 Å². The van der Waals surface area contributed by atoms with E-state index in [1.807, 2.05) is 42.5 Å². The van der Waals surface area contributed by atoms with E-state index < -0.39 is 77.9 Å². The number of carboxylic acid groups (broad SMARTS) is 1. The van der Waals surface area contributed by atoms with E-state index in [-0.39, 0.29) is 45.4 Å². The molecule has 1 heterocycles. The second kappa shape index (κ2) is 17.8. The molecule has 1 aliphatic heterocycles. The summed E-state index contributed by atoms with van der Waals surface area (Å²) in [5.74, 6) is -6.18. The van der Waals surface area contributed by atoms with Crippen LogP contribution >= 0.6 is 11.6 Å². The molecule has 3 rings (SSSR count). The molecule has 16 heteroatoms. The molecule has 47 heavy (non-hydrogen) atoms. The van der Waals surface area contributed by atoms with Gasteiger partial charge < -0.3 is 42.2 Å². The van der Waals surface area contributed by atoms with Gasteiger partial charge in [0.15, 0.2) is 0 Å². The Bertz CT molecular complexity index is 1490. The van der Waals surface area contributed by atoms with E-state index in [4.69, 9.17) is 32.9 Å². The average molecular weight is 675 g/mol. The maximum absolute atomic E-state index is 13.7. The summed E-state index contributed by atoms with van der Waals surface area (Å²) >= 11 is 5.58. The number of rotatable bonds is 17. The number of primary amides is 2. The Morgan fingerprint density at radius 2 is 1.60 bits per heavy atom. The van der Waals surface area contributed by atoms with Crippen molar-refractivity contribution in [1.29, 1.82) is 0 Å². The predicted octanol–water partition coefficient (Wildman–Crippen LogP) is -0.691. The highest BCUT2D eigenvalue weighted by Gasteiger charge is 2.38. The molecule has 0 bridgehead atoms. The number of hydrogen-bond donors (Lipinski definition) is 6. The molecule has 0 saturated carbocycles. The highest BCUT2D eigenvalue weighted by Crippen LogP contribution is 2.18. The number of nitrogens with one attached hydrogen (secondary N) is 3. The van der Waals surface area contributed by atoms with Crippen molar-refractivity contribution in [2.75, 3.05) is 25.6 Å². The fraction of sp³-hybridized carbons (Fsp3) is 0.452. The number of carbonyl (C=O) groups is 7. The Kier molecular flexibility index (Phi) is 13.9. The zero-order chi connectivity index (χ0) is 34.5. The molecule has 15 nitrogen and oxygen atoms in total. The number of amides is 6. The highest BCUT2D eigenvalue weighted by atomic mass is 35.5. The Hall–Kier alpha value is -4.76. The zero-order valence-electron chi connectivity index (χ0n) is 25.6. The first-order valence-electron chi connectivity index (χ1n) is 15.0. The molecule has 254 valence electrons. The molecule has 1 saturated heterocycles. The zero-order valence-corrected chi connectivity index (χ0v) is 26.4. The number of hydrogen-bond acceptors (Lipinski definition) is 8. The molecule has 2 aromatic rings. The summed E-state index contributed by atoms with van der Waals surface area (Å²) < 4.78 is 5.46. The second-order valence-corrected chi connectivity index (χ2v) is 11.3. The van der Waals surface area contributed by atoms with Gasteiger partial charge in [-0.25, -0.2) is 0 Å². The van der Waals surface area contributed by atoms with Crippen LogP contribution in [0.5, 0.6) is 0 Å². The van der Waals surface area contributed by atoms with Crippen molar-refractivity contribution in [2.45, 2.75) is 62.7 Å². The molecule has 0 aliphatic carbocycles. The molecular formula is C31H39ClN6O9. The van der Waals surface area contributed by atoms with Crippen molar-refractivity contribution in [3.05, 3.63) is 48.0 Å². The second-order valence-electron chi connectivity index (χ2n) is 11.1. The lowest BCUT2D eigenvalue weighted by atomic mass is 10.00. The molecule has 4 atom stereocenters. The summed E-state index contributed by atoms with van der Waals surface area (Å²) in [6.45, 7) is -0.229. The van der Waals surface area contributed by atoms with Gasteiger partial charge in [-0.3, -0.25) is 33.6 Å². The van der Waals surface area contributed by atoms with Gasteiger partial charge in [-0.05, 0) is 42.0 Å². The van der Waals surface area contributed by atoms with E-state index in [1.165, 1.54) is 0 Å². The lowest BCUT2D eigenvalue weighted by Gasteiger charge is -2.37. The average Bonchev–Trinajstić information content (AvgIpc) is 3.05. The predicted molar refractivity (Wildman–Crippen MR) is 170 cm³/mol. The summed E-state index contributed by atoms with van der Waals surface area (Å²) in [7, 11) is 0. The number of carbonyl (C=O) groups excluding carboxylic acids is 6. The van der Waals surface area contributed by atoms with Gasteiger partial charge in [-0.2, -0.15) is 0 Å². The number of benzene rings is 2. The van der Waals surface area contributed by atoms with Crippen LogP contribution in [0, 0.1) is 0 Å². The van der Waals surface area contributed by atoms with Crippen molar-refractivity contribution in [3.63, 3.8) is 0 Å². The van der Waals surface area contributed by atoms with Gasteiger partial charge in [0.05, 0.1) is 13.2 Å². The minimum atomic E-state index is -1.28. The summed E-state index contributed by atoms with van der Waals surface area (Å²) in [4.78, 5) is 88.5. The van der Waals surface area contributed by atoms with Crippen LogP contribution in [-0.4, -0.2) is 101 Å². The highest BCUT2D eigenvalue weighted by molar-refractivity contribution is 6.27. The number of halogens is 1. The third-order valence-electron chi connectivity index (χ3n) is 7.62. The monoisotopic (exact) mass is 674 g/mol. The van der Waals surface area contributed by atoms with E-state index >= 15 is 0 Å². The molecule has 0 unspecified atom stereocenters. The lowest BCUT2D eigenvalue weighted by molar-refractivity contribution is -0.152. The fourth-order valence-corrected chi connectivity index (χ4v) is 5.21. The van der Waals surface area contributed by atoms with Crippen LogP contribution in [0.4, 0.5) is 0 Å². The first-order chi connectivity index (χ1) is 22.4. The number of nitrogens with zero attached hydrogens (tertiary/aromatic N) is 1. The van der Waals surface area contributed by atoms with E-state index in [0.29, 0.717) is 6.42 Å². The first kappa shape index (κ1) is 36.7. The summed E-state index contributed by atoms with van der Waals surface area (Å²) in [6.07, 6.45) is -0.649. The van der Waals surface area contributed by atoms with Crippen LogP contribution in [0.3, 0.4) is 0 Å². The molecule has 0 aromatic heterocycles. The van der Waals surface area contributed by atoms with Crippen molar-refractivity contribution in [3.8, 4) is 0 Å². The number of ether oxygens (including phenoxy) is 1. The molecule has 6 amide bonds. The number of carboxylic acids is 1. The fourth-order valence-electron chi connectivity index (χ4n) is 5.13. The minimum absolute atomic E-state index is 0.0535. The third kappa shape index (κ3) is 11.2. The number of nitrogens with two attached hydrogens (primary N) is 2. The quantitative estimate of drug-likeness (QED) is 0.116. The van der Waals surface area contributed by atoms with Crippen LogP contribution in [0.2, 0.25) is 0 Å². The van der Waals surface area contributed by atoms with Crippen molar-refractivity contribution >= 4 is 63.8 Å². The van der Waals surface area contributed by atoms with Crippen LogP contribution in [0.25, 0.3) is 10.8 Å². The SMILES string of the molecule is NC(=O)CC[C@H](NC(=O)[C@H](CCc1ccc2ccccc2c1)NC(=O)[C@@H]1COCCN1C(=O)[C@H](CCC(=O)O)NC(=O)CCl)C(N)=O. The molecule has 0 spiro atoms. The number of aryl methyl sites for hydroxylation is 1. The standard InChI is InChI=1S/C31H39ClN6O9/c32-16-26(40)35-23(10-12-27(41)42)31(46)38-13-14-47-17-24(38)30(45)37-22(29(44)36-21(28(34)43)9-11-25(33)39)8-6-18-5-7-19-3-1-2-4-20(19)15-18/h1-5,7,15,21-24H,6,8-14,16-17H2,(H2,33,39)(H2,34,43)(H,35,40)(H,36,44)(H,37,45)(H,41,42)/t21-,22-,23-,24-/m0/s1. The molecule has 1 aliphatic rings. The molecular weight excluding hydrogens is 636 g/mol. The number of fused-ring (bicyclic) bond motifs is 1. The van der Waals surface area contributed by atoms with Crippen LogP contribution < -0.4 is 27.4 Å². The van der Waals surface area contributed by atoms with E-state index in [1.54, 1.807) is 0 Å². The topological polar surface area (TPSA) is 240 Å². The van der Waals surface area contributed by atoms with Gasteiger partial charge in [0, 0.05) is 19.4 Å². The van der Waals surface area contributed by atoms with Gasteiger partial charge >= 0.3 is 5.97 Å². The maximum Gasteiger partial charge on any atom is 0.303 e. The first-order valence-corrected chi connectivity index (χ1v) is 15.5. The number of alkyl halides is 1. The summed E-state index contributed by atoms with van der Waals surface area (Å²) in [5, 5.41) is 18.7. The van der Waals surface area contributed by atoms with Gasteiger partial charge in [-0.1, -0.05) is 42.5 Å². The van der Waals surface area contributed by atoms with Crippen molar-refractivity contribution < 1.29 is 43.4 Å². The Morgan fingerprint density at radius 3 is 2.26 bits per heavy atom.